The highest BCUT2D eigenvalue weighted by Crippen LogP contribution is 2.27. The summed E-state index contributed by atoms with van der Waals surface area (Å²) in [6, 6.07) is 12.2. The summed E-state index contributed by atoms with van der Waals surface area (Å²) >= 11 is 1.80. The van der Waals surface area contributed by atoms with Crippen molar-refractivity contribution >= 4 is 17.2 Å². The highest BCUT2D eigenvalue weighted by molar-refractivity contribution is 7.09. The molecule has 0 saturated carbocycles. The Morgan fingerprint density at radius 3 is 2.96 bits per heavy atom. The first-order chi connectivity index (χ1) is 12.8. The van der Waals surface area contributed by atoms with Crippen molar-refractivity contribution in [3.63, 3.8) is 0 Å². The molecule has 0 radical (unpaired) electrons. The number of hydrogen-bond acceptors (Lipinski definition) is 4. The second-order valence-corrected chi connectivity index (χ2v) is 7.68. The number of rotatable bonds is 5. The van der Waals surface area contributed by atoms with E-state index < -0.39 is 0 Å². The number of hydrogen-bond donors (Lipinski definition) is 1. The molecule has 0 bridgehead atoms. The minimum Gasteiger partial charge on any atom is -0.336 e. The standard InChI is InChI=1S/C20H22N4OS/c25-20(18-9-2-1-8-17(18)19-21-14-22-23-19)24-12-4-3-6-15(24)10-11-16-7-5-13-26-16/h1-2,5,7-9,13-15H,3-4,6,10-12H2,(H,21,22,23). The number of benzene rings is 1. The lowest BCUT2D eigenvalue weighted by molar-refractivity contribution is 0.0603. The zero-order valence-electron chi connectivity index (χ0n) is 14.6. The molecular weight excluding hydrogens is 344 g/mol. The lowest BCUT2D eigenvalue weighted by atomic mass is 9.95. The summed E-state index contributed by atoms with van der Waals surface area (Å²) in [4.78, 5) is 21.1. The van der Waals surface area contributed by atoms with Gasteiger partial charge in [0.15, 0.2) is 5.82 Å². The normalized spacial score (nSPS) is 17.4. The van der Waals surface area contributed by atoms with Crippen LogP contribution in [0.5, 0.6) is 0 Å². The molecule has 3 aromatic rings. The van der Waals surface area contributed by atoms with Crippen molar-refractivity contribution in [1.82, 2.24) is 20.1 Å². The molecule has 1 aromatic carbocycles. The zero-order valence-corrected chi connectivity index (χ0v) is 15.4. The third-order valence-electron chi connectivity index (χ3n) is 5.02. The molecule has 5 nitrogen and oxygen atoms in total. The van der Waals surface area contributed by atoms with E-state index in [2.05, 4.69) is 37.6 Å². The number of aromatic nitrogens is 3. The molecule has 6 heteroatoms. The number of nitrogens with zero attached hydrogens (tertiary/aromatic N) is 3. The number of carbonyl (C=O) groups excluding carboxylic acids is 1. The third kappa shape index (κ3) is 3.55. The Bertz CT molecular complexity index is 845. The monoisotopic (exact) mass is 366 g/mol. The van der Waals surface area contributed by atoms with Gasteiger partial charge in [-0.3, -0.25) is 9.89 Å². The van der Waals surface area contributed by atoms with E-state index in [-0.39, 0.29) is 5.91 Å². The van der Waals surface area contributed by atoms with Gasteiger partial charge in [0.25, 0.3) is 5.91 Å². The fraction of sp³-hybridized carbons (Fsp3) is 0.350. The summed E-state index contributed by atoms with van der Waals surface area (Å²) in [6.07, 6.45) is 6.89. The van der Waals surface area contributed by atoms with E-state index in [1.165, 1.54) is 17.6 Å². The van der Waals surface area contributed by atoms with Gasteiger partial charge in [-0.2, -0.15) is 5.10 Å². The van der Waals surface area contributed by atoms with Crippen LogP contribution in [-0.2, 0) is 6.42 Å². The number of aromatic amines is 1. The molecule has 1 unspecified atom stereocenters. The molecule has 1 N–H and O–H groups in total. The highest BCUT2D eigenvalue weighted by atomic mass is 32.1. The number of H-pyrrole nitrogens is 1. The first-order valence-corrected chi connectivity index (χ1v) is 9.99. The summed E-state index contributed by atoms with van der Waals surface area (Å²) in [5.74, 6) is 0.744. The van der Waals surface area contributed by atoms with Crippen molar-refractivity contribution in [1.29, 1.82) is 0 Å². The number of thiophene rings is 1. The van der Waals surface area contributed by atoms with Crippen LogP contribution >= 0.6 is 11.3 Å². The Hall–Kier alpha value is -2.47. The number of likely N-dealkylation sites (tertiary alicyclic amines) is 1. The lowest BCUT2D eigenvalue weighted by Crippen LogP contribution is -2.44. The minimum absolute atomic E-state index is 0.105. The fourth-order valence-electron chi connectivity index (χ4n) is 3.70. The van der Waals surface area contributed by atoms with Gasteiger partial charge in [0.1, 0.15) is 6.33 Å². The van der Waals surface area contributed by atoms with Gasteiger partial charge in [-0.25, -0.2) is 4.98 Å². The van der Waals surface area contributed by atoms with E-state index in [1.54, 1.807) is 11.3 Å². The van der Waals surface area contributed by atoms with Gasteiger partial charge in [0, 0.05) is 23.0 Å². The first kappa shape index (κ1) is 17.0. The predicted octanol–water partition coefficient (Wildman–Crippen LogP) is 4.16. The van der Waals surface area contributed by atoms with Gasteiger partial charge < -0.3 is 4.90 Å². The Labute approximate surface area is 157 Å². The molecular formula is C20H22N4OS. The molecule has 1 saturated heterocycles. The summed E-state index contributed by atoms with van der Waals surface area (Å²) in [6.45, 7) is 0.832. The number of piperidine rings is 1. The van der Waals surface area contributed by atoms with Crippen LogP contribution in [0.4, 0.5) is 0 Å². The molecule has 0 spiro atoms. The lowest BCUT2D eigenvalue weighted by Gasteiger charge is -2.36. The smallest absolute Gasteiger partial charge is 0.254 e. The van der Waals surface area contributed by atoms with Crippen molar-refractivity contribution < 1.29 is 4.79 Å². The Morgan fingerprint density at radius 1 is 1.23 bits per heavy atom. The Morgan fingerprint density at radius 2 is 2.15 bits per heavy atom. The van der Waals surface area contributed by atoms with Crippen LogP contribution in [0.2, 0.25) is 0 Å². The highest BCUT2D eigenvalue weighted by Gasteiger charge is 2.29. The van der Waals surface area contributed by atoms with E-state index in [0.717, 1.165) is 37.8 Å². The van der Waals surface area contributed by atoms with Gasteiger partial charge in [-0.15, -0.1) is 11.3 Å². The van der Waals surface area contributed by atoms with E-state index in [1.807, 2.05) is 24.3 Å². The second kappa shape index (κ2) is 7.83. The molecule has 1 atom stereocenters. The maximum atomic E-state index is 13.4. The van der Waals surface area contributed by atoms with Crippen molar-refractivity contribution in [2.45, 2.75) is 38.1 Å². The zero-order chi connectivity index (χ0) is 17.8. The third-order valence-corrected chi connectivity index (χ3v) is 5.96. The quantitative estimate of drug-likeness (QED) is 0.737. The molecule has 26 heavy (non-hydrogen) atoms. The van der Waals surface area contributed by atoms with Gasteiger partial charge in [-0.05, 0) is 49.6 Å². The fourth-order valence-corrected chi connectivity index (χ4v) is 4.42. The molecule has 1 fully saturated rings. The van der Waals surface area contributed by atoms with Crippen LogP contribution in [0.15, 0.2) is 48.1 Å². The Kier molecular flexibility index (Phi) is 5.11. The molecule has 0 aliphatic carbocycles. The van der Waals surface area contributed by atoms with E-state index >= 15 is 0 Å². The second-order valence-electron chi connectivity index (χ2n) is 6.65. The van der Waals surface area contributed by atoms with Crippen LogP contribution in [0.1, 0.15) is 40.9 Å². The van der Waals surface area contributed by atoms with Gasteiger partial charge in [0.2, 0.25) is 0 Å². The summed E-state index contributed by atoms with van der Waals surface area (Å²) in [5, 5.41) is 8.92. The van der Waals surface area contributed by atoms with E-state index in [0.29, 0.717) is 17.4 Å². The maximum absolute atomic E-state index is 13.4. The van der Waals surface area contributed by atoms with Crippen LogP contribution in [-0.4, -0.2) is 38.6 Å². The predicted molar refractivity (Wildman–Crippen MR) is 103 cm³/mol. The van der Waals surface area contributed by atoms with Crippen molar-refractivity contribution in [3.8, 4) is 11.4 Å². The molecule has 1 aliphatic rings. The van der Waals surface area contributed by atoms with Crippen LogP contribution in [0, 0.1) is 0 Å². The molecule has 3 heterocycles. The van der Waals surface area contributed by atoms with E-state index in [9.17, 15) is 4.79 Å². The minimum atomic E-state index is 0.105. The van der Waals surface area contributed by atoms with Gasteiger partial charge in [-0.1, -0.05) is 24.3 Å². The van der Waals surface area contributed by atoms with Gasteiger partial charge in [0.05, 0.1) is 5.56 Å². The van der Waals surface area contributed by atoms with Crippen LogP contribution in [0.25, 0.3) is 11.4 Å². The molecule has 1 aliphatic heterocycles. The largest absolute Gasteiger partial charge is 0.336 e. The number of aryl methyl sites for hydroxylation is 1. The molecule has 4 rings (SSSR count). The number of carbonyl (C=O) groups is 1. The summed E-state index contributed by atoms with van der Waals surface area (Å²) in [5.41, 5.74) is 1.52. The number of nitrogens with one attached hydrogen (secondary N) is 1. The SMILES string of the molecule is O=C(c1ccccc1-c1ncn[nH]1)N1CCCCC1CCc1cccs1. The topological polar surface area (TPSA) is 61.9 Å². The van der Waals surface area contributed by atoms with Crippen molar-refractivity contribution in [2.24, 2.45) is 0 Å². The summed E-state index contributed by atoms with van der Waals surface area (Å²) in [7, 11) is 0. The average molecular weight is 366 g/mol. The van der Waals surface area contributed by atoms with Crippen LogP contribution in [0.3, 0.4) is 0 Å². The van der Waals surface area contributed by atoms with Gasteiger partial charge >= 0.3 is 0 Å². The molecule has 2 aromatic heterocycles. The Balaban J connectivity index is 1.56. The van der Waals surface area contributed by atoms with Crippen LogP contribution < -0.4 is 0 Å². The number of amides is 1. The molecule has 134 valence electrons. The first-order valence-electron chi connectivity index (χ1n) is 9.11. The van der Waals surface area contributed by atoms with Crippen molar-refractivity contribution in [2.75, 3.05) is 6.54 Å². The van der Waals surface area contributed by atoms with Crippen molar-refractivity contribution in [3.05, 3.63) is 58.5 Å². The summed E-state index contributed by atoms with van der Waals surface area (Å²) < 4.78 is 0. The maximum Gasteiger partial charge on any atom is 0.254 e. The average Bonchev–Trinajstić information content (AvgIpc) is 3.40. The van der Waals surface area contributed by atoms with E-state index in [4.69, 9.17) is 0 Å². The molecule has 1 amide bonds.